The first-order valence-corrected chi connectivity index (χ1v) is 7.61. The lowest BCUT2D eigenvalue weighted by Crippen LogP contribution is -2.53. The molecule has 4 nitrogen and oxygen atoms in total. The summed E-state index contributed by atoms with van der Waals surface area (Å²) in [4.78, 5) is 2.30. The minimum atomic E-state index is -0.410. The first kappa shape index (κ1) is 13.9. The van der Waals surface area contributed by atoms with Crippen molar-refractivity contribution < 1.29 is 9.84 Å². The Morgan fingerprint density at radius 1 is 1.25 bits per heavy atom. The van der Waals surface area contributed by atoms with Gasteiger partial charge in [-0.15, -0.1) is 0 Å². The second kappa shape index (κ2) is 6.57. The highest BCUT2D eigenvalue weighted by molar-refractivity contribution is 5.20. The van der Waals surface area contributed by atoms with Crippen molar-refractivity contribution in [3.8, 4) is 5.75 Å². The molecule has 1 aromatic carbocycles. The van der Waals surface area contributed by atoms with Crippen LogP contribution >= 0.6 is 0 Å². The number of hydrogen-bond acceptors (Lipinski definition) is 4. The molecule has 20 heavy (non-hydrogen) atoms. The van der Waals surface area contributed by atoms with Gasteiger partial charge in [-0.25, -0.2) is 0 Å². The maximum atomic E-state index is 9.98. The molecule has 1 aliphatic carbocycles. The van der Waals surface area contributed by atoms with Gasteiger partial charge in [0.15, 0.2) is 0 Å². The van der Waals surface area contributed by atoms with Crippen LogP contribution in [-0.4, -0.2) is 54.9 Å². The van der Waals surface area contributed by atoms with Crippen LogP contribution in [0.4, 0.5) is 0 Å². The summed E-state index contributed by atoms with van der Waals surface area (Å²) in [5.74, 6) is 1.58. The highest BCUT2D eigenvalue weighted by Crippen LogP contribution is 2.21. The lowest BCUT2D eigenvalue weighted by atomic mass is 9.99. The van der Waals surface area contributed by atoms with Crippen LogP contribution in [0.25, 0.3) is 0 Å². The van der Waals surface area contributed by atoms with Crippen LogP contribution in [0.1, 0.15) is 12.8 Å². The molecule has 1 saturated heterocycles. The molecule has 2 aliphatic rings. The van der Waals surface area contributed by atoms with Crippen molar-refractivity contribution in [2.45, 2.75) is 25.0 Å². The number of β-amino-alcohol motifs (C(OH)–C–C–N with tert-alkyl or cyclic N) is 1. The highest BCUT2D eigenvalue weighted by atomic mass is 16.5. The van der Waals surface area contributed by atoms with E-state index in [1.807, 2.05) is 30.3 Å². The average molecular weight is 276 g/mol. The lowest BCUT2D eigenvalue weighted by molar-refractivity contribution is 0.0199. The van der Waals surface area contributed by atoms with E-state index in [4.69, 9.17) is 4.74 Å². The lowest BCUT2D eigenvalue weighted by Gasteiger charge is -2.40. The van der Waals surface area contributed by atoms with Gasteiger partial charge in [0.1, 0.15) is 18.5 Å². The summed E-state index contributed by atoms with van der Waals surface area (Å²) in [6.45, 7) is 4.42. The normalized spacial score (nSPS) is 21.4. The number of rotatable bonds is 8. The molecule has 2 N–H and O–H groups in total. The van der Waals surface area contributed by atoms with Gasteiger partial charge in [0.25, 0.3) is 0 Å². The number of benzene rings is 1. The summed E-state index contributed by atoms with van der Waals surface area (Å²) in [5, 5.41) is 13.5. The number of aliphatic hydroxyl groups is 1. The molecule has 3 rings (SSSR count). The second-order valence-electron chi connectivity index (χ2n) is 6.04. The van der Waals surface area contributed by atoms with Crippen LogP contribution < -0.4 is 10.1 Å². The Labute approximate surface area is 120 Å². The third kappa shape index (κ3) is 4.20. The molecular formula is C16H24N2O2. The number of ether oxygens (including phenoxy) is 1. The highest BCUT2D eigenvalue weighted by Gasteiger charge is 2.30. The van der Waals surface area contributed by atoms with Gasteiger partial charge in [0.2, 0.25) is 0 Å². The standard InChI is InChI=1S/C16H24N2O2/c19-15(12-20-16-4-2-1-3-5-16)11-18-9-13(10-18)8-17-14-6-7-14/h1-5,13-15,17,19H,6-12H2. The molecule has 1 aromatic rings. The zero-order chi connectivity index (χ0) is 13.8. The molecule has 1 heterocycles. The zero-order valence-electron chi connectivity index (χ0n) is 11.9. The van der Waals surface area contributed by atoms with Gasteiger partial charge in [-0.1, -0.05) is 18.2 Å². The molecule has 1 atom stereocenters. The molecule has 0 radical (unpaired) electrons. The van der Waals surface area contributed by atoms with Crippen molar-refractivity contribution in [3.63, 3.8) is 0 Å². The number of hydrogen-bond donors (Lipinski definition) is 2. The molecule has 1 saturated carbocycles. The van der Waals surface area contributed by atoms with Crippen LogP contribution in [0.3, 0.4) is 0 Å². The predicted molar refractivity (Wildman–Crippen MR) is 78.9 cm³/mol. The Balaban J connectivity index is 1.27. The summed E-state index contributed by atoms with van der Waals surface area (Å²) < 4.78 is 5.56. The van der Waals surface area contributed by atoms with Crippen LogP contribution in [0.15, 0.2) is 30.3 Å². The van der Waals surface area contributed by atoms with E-state index in [0.717, 1.165) is 37.3 Å². The van der Waals surface area contributed by atoms with Crippen molar-refractivity contribution in [2.75, 3.05) is 32.8 Å². The predicted octanol–water partition coefficient (Wildman–Crippen LogP) is 1.11. The zero-order valence-corrected chi connectivity index (χ0v) is 11.9. The largest absolute Gasteiger partial charge is 0.491 e. The number of nitrogens with one attached hydrogen (secondary N) is 1. The van der Waals surface area contributed by atoms with Crippen molar-refractivity contribution >= 4 is 0 Å². The van der Waals surface area contributed by atoms with Crippen molar-refractivity contribution in [1.29, 1.82) is 0 Å². The minimum absolute atomic E-state index is 0.367. The molecule has 0 spiro atoms. The van der Waals surface area contributed by atoms with Crippen LogP contribution in [0, 0.1) is 5.92 Å². The van der Waals surface area contributed by atoms with Crippen molar-refractivity contribution in [3.05, 3.63) is 30.3 Å². The van der Waals surface area contributed by atoms with E-state index in [9.17, 15) is 5.11 Å². The first-order valence-electron chi connectivity index (χ1n) is 7.61. The molecule has 0 aromatic heterocycles. The molecule has 0 bridgehead atoms. The van der Waals surface area contributed by atoms with Crippen LogP contribution in [0.2, 0.25) is 0 Å². The molecule has 0 amide bonds. The van der Waals surface area contributed by atoms with E-state index in [0.29, 0.717) is 13.2 Å². The van der Waals surface area contributed by atoms with Gasteiger partial charge < -0.3 is 15.2 Å². The van der Waals surface area contributed by atoms with E-state index in [1.165, 1.54) is 12.8 Å². The fourth-order valence-corrected chi connectivity index (χ4v) is 2.64. The van der Waals surface area contributed by atoms with E-state index < -0.39 is 6.10 Å². The summed E-state index contributed by atoms with van der Waals surface area (Å²) in [6, 6.07) is 10.5. The topological polar surface area (TPSA) is 44.7 Å². The van der Waals surface area contributed by atoms with Crippen LogP contribution in [0.5, 0.6) is 5.75 Å². The maximum Gasteiger partial charge on any atom is 0.119 e. The Hall–Kier alpha value is -1.10. The van der Waals surface area contributed by atoms with Gasteiger partial charge in [-0.2, -0.15) is 0 Å². The Bertz CT molecular complexity index is 402. The van der Waals surface area contributed by atoms with Gasteiger partial charge in [-0.05, 0) is 30.9 Å². The third-order valence-electron chi connectivity index (χ3n) is 3.96. The van der Waals surface area contributed by atoms with E-state index in [2.05, 4.69) is 10.2 Å². The molecular weight excluding hydrogens is 252 g/mol. The van der Waals surface area contributed by atoms with Gasteiger partial charge >= 0.3 is 0 Å². The quantitative estimate of drug-likeness (QED) is 0.746. The van der Waals surface area contributed by atoms with E-state index >= 15 is 0 Å². The Kier molecular flexibility index (Phi) is 4.55. The fourth-order valence-electron chi connectivity index (χ4n) is 2.64. The second-order valence-corrected chi connectivity index (χ2v) is 6.04. The molecule has 1 aliphatic heterocycles. The SMILES string of the molecule is OC(COc1ccccc1)CN1CC(CNC2CC2)C1. The fraction of sp³-hybridized carbons (Fsp3) is 0.625. The summed E-state index contributed by atoms with van der Waals surface area (Å²) in [5.41, 5.74) is 0. The first-order chi connectivity index (χ1) is 9.79. The maximum absolute atomic E-state index is 9.98. The summed E-state index contributed by atoms with van der Waals surface area (Å²) >= 11 is 0. The number of nitrogens with zero attached hydrogens (tertiary/aromatic N) is 1. The van der Waals surface area contributed by atoms with E-state index in [-0.39, 0.29) is 0 Å². The van der Waals surface area contributed by atoms with Crippen molar-refractivity contribution in [1.82, 2.24) is 10.2 Å². The average Bonchev–Trinajstić information content (AvgIpc) is 3.24. The summed E-state index contributed by atoms with van der Waals surface area (Å²) in [6.07, 6.45) is 2.30. The monoisotopic (exact) mass is 276 g/mol. The Morgan fingerprint density at radius 2 is 2.00 bits per heavy atom. The smallest absolute Gasteiger partial charge is 0.119 e. The van der Waals surface area contributed by atoms with Gasteiger partial charge in [0, 0.05) is 32.2 Å². The molecule has 110 valence electrons. The van der Waals surface area contributed by atoms with E-state index in [1.54, 1.807) is 0 Å². The van der Waals surface area contributed by atoms with Gasteiger partial charge in [0.05, 0.1) is 0 Å². The van der Waals surface area contributed by atoms with Crippen LogP contribution in [-0.2, 0) is 0 Å². The third-order valence-corrected chi connectivity index (χ3v) is 3.96. The number of aliphatic hydroxyl groups excluding tert-OH is 1. The summed E-state index contributed by atoms with van der Waals surface area (Å²) in [7, 11) is 0. The number of para-hydroxylation sites is 1. The number of likely N-dealkylation sites (tertiary alicyclic amines) is 1. The van der Waals surface area contributed by atoms with Crippen molar-refractivity contribution in [2.24, 2.45) is 5.92 Å². The molecule has 1 unspecified atom stereocenters. The molecule has 4 heteroatoms. The Morgan fingerprint density at radius 3 is 2.70 bits per heavy atom. The molecule has 2 fully saturated rings. The minimum Gasteiger partial charge on any atom is -0.491 e. The van der Waals surface area contributed by atoms with Gasteiger partial charge in [-0.3, -0.25) is 4.90 Å².